The molecular weight excluding hydrogens is 472 g/mol. The van der Waals surface area contributed by atoms with Gasteiger partial charge >= 0.3 is 6.61 Å². The molecule has 190 valence electrons. The van der Waals surface area contributed by atoms with E-state index in [1.165, 1.54) is 21.9 Å². The Balaban J connectivity index is 1.90. The van der Waals surface area contributed by atoms with Gasteiger partial charge in [0.05, 0.1) is 5.69 Å². The Morgan fingerprint density at radius 3 is 2.62 bits per heavy atom. The molecule has 13 heteroatoms. The smallest absolute Gasteiger partial charge is 0.387 e. The lowest BCUT2D eigenvalue weighted by Crippen LogP contribution is -2.52. The molecule has 34 heavy (non-hydrogen) atoms. The molecule has 0 bridgehead atoms. The largest absolute Gasteiger partial charge is 0.431 e. The molecule has 2 fully saturated rings. The number of sulfonamides is 1. The Kier molecular flexibility index (Phi) is 8.44. The lowest BCUT2D eigenvalue weighted by Gasteiger charge is -2.29. The normalized spacial score (nSPS) is 20.3. The van der Waals surface area contributed by atoms with Gasteiger partial charge in [0.25, 0.3) is 0 Å². The van der Waals surface area contributed by atoms with Crippen LogP contribution in [0.25, 0.3) is 0 Å². The third-order valence-electron chi connectivity index (χ3n) is 6.11. The summed E-state index contributed by atoms with van der Waals surface area (Å²) >= 11 is 0. The van der Waals surface area contributed by atoms with Gasteiger partial charge in [-0.1, -0.05) is 6.07 Å². The van der Waals surface area contributed by atoms with Gasteiger partial charge in [0.2, 0.25) is 21.8 Å². The number of carbonyl (C=O) groups excluding carboxylic acids is 2. The van der Waals surface area contributed by atoms with E-state index in [9.17, 15) is 26.8 Å². The van der Waals surface area contributed by atoms with Gasteiger partial charge in [-0.05, 0) is 45.5 Å². The van der Waals surface area contributed by atoms with E-state index in [1.54, 1.807) is 0 Å². The van der Waals surface area contributed by atoms with Crippen LogP contribution in [0.5, 0.6) is 5.75 Å². The number of hydrogen-bond donors (Lipinski definition) is 2. The number of rotatable bonds is 9. The number of halogens is 2. The molecule has 2 heterocycles. The highest BCUT2D eigenvalue weighted by atomic mass is 32.2. The molecule has 2 saturated heterocycles. The summed E-state index contributed by atoms with van der Waals surface area (Å²) in [7, 11) is -0.725. The number of hydrogen-bond acceptors (Lipinski definition) is 7. The zero-order chi connectivity index (χ0) is 25.0. The van der Waals surface area contributed by atoms with Gasteiger partial charge in [-0.2, -0.15) is 13.5 Å². The summed E-state index contributed by atoms with van der Waals surface area (Å²) in [5, 5.41) is 0. The molecular formula is C21H31F2N5O5S. The summed E-state index contributed by atoms with van der Waals surface area (Å²) in [5.74, 6) is -1.45. The topological polar surface area (TPSA) is 125 Å². The minimum absolute atomic E-state index is 0.0585. The number of para-hydroxylation sites is 1. The molecule has 0 radical (unpaired) electrons. The third kappa shape index (κ3) is 5.82. The molecule has 10 nitrogen and oxygen atoms in total. The molecule has 2 amide bonds. The van der Waals surface area contributed by atoms with Crippen LogP contribution in [-0.4, -0.2) is 89.0 Å². The lowest BCUT2D eigenvalue weighted by molar-refractivity contribution is -0.131. The first kappa shape index (κ1) is 26.3. The van der Waals surface area contributed by atoms with E-state index in [0.29, 0.717) is 25.9 Å². The van der Waals surface area contributed by atoms with Gasteiger partial charge < -0.3 is 25.2 Å². The van der Waals surface area contributed by atoms with Crippen LogP contribution in [0.4, 0.5) is 14.5 Å². The third-order valence-corrected chi connectivity index (χ3v) is 7.60. The SMILES string of the molecule is CN(C)[C@H]1CCN(C(=O)[C@H](CN)NS(=O)(=O)c2cccc(N3CCCCC3=O)c2OC(F)F)C1. The van der Waals surface area contributed by atoms with E-state index in [4.69, 9.17) is 5.73 Å². The van der Waals surface area contributed by atoms with E-state index in [-0.39, 0.29) is 37.1 Å². The van der Waals surface area contributed by atoms with Crippen molar-refractivity contribution in [1.29, 1.82) is 0 Å². The Morgan fingerprint density at radius 2 is 2.03 bits per heavy atom. The monoisotopic (exact) mass is 503 g/mol. The van der Waals surface area contributed by atoms with Crippen LogP contribution in [-0.2, 0) is 19.6 Å². The summed E-state index contributed by atoms with van der Waals surface area (Å²) in [4.78, 5) is 29.5. The average Bonchev–Trinajstić information content (AvgIpc) is 3.28. The van der Waals surface area contributed by atoms with E-state index >= 15 is 0 Å². The summed E-state index contributed by atoms with van der Waals surface area (Å²) in [5.41, 5.74) is 5.66. The predicted molar refractivity (Wildman–Crippen MR) is 121 cm³/mol. The van der Waals surface area contributed by atoms with Gasteiger partial charge in [0, 0.05) is 38.6 Å². The van der Waals surface area contributed by atoms with Crippen molar-refractivity contribution in [2.45, 2.75) is 49.3 Å². The zero-order valence-electron chi connectivity index (χ0n) is 19.2. The second-order valence-electron chi connectivity index (χ2n) is 8.59. The maximum absolute atomic E-state index is 13.3. The second kappa shape index (κ2) is 10.9. The van der Waals surface area contributed by atoms with Crippen LogP contribution >= 0.6 is 0 Å². The van der Waals surface area contributed by atoms with Crippen molar-refractivity contribution in [3.8, 4) is 5.75 Å². The molecule has 0 saturated carbocycles. The highest BCUT2D eigenvalue weighted by molar-refractivity contribution is 7.89. The summed E-state index contributed by atoms with van der Waals surface area (Å²) in [6, 6.07) is 2.64. The van der Waals surface area contributed by atoms with Crippen molar-refractivity contribution in [3.63, 3.8) is 0 Å². The fraction of sp³-hybridized carbons (Fsp3) is 0.619. The van der Waals surface area contributed by atoms with Gasteiger partial charge in [-0.15, -0.1) is 0 Å². The predicted octanol–water partition coefficient (Wildman–Crippen LogP) is 0.573. The molecule has 2 aliphatic heterocycles. The Labute approximate surface area is 198 Å². The maximum atomic E-state index is 13.3. The van der Waals surface area contributed by atoms with Crippen molar-refractivity contribution in [2.75, 3.05) is 45.2 Å². The molecule has 3 rings (SSSR count). The molecule has 3 N–H and O–H groups in total. The Bertz CT molecular complexity index is 1010. The van der Waals surface area contributed by atoms with E-state index in [2.05, 4.69) is 9.46 Å². The first-order chi connectivity index (χ1) is 16.0. The molecule has 0 aromatic heterocycles. The lowest BCUT2D eigenvalue weighted by atomic mass is 10.1. The minimum atomic E-state index is -4.52. The number of nitrogens with two attached hydrogens (primary N) is 1. The highest BCUT2D eigenvalue weighted by Gasteiger charge is 2.35. The molecule has 0 aliphatic carbocycles. The summed E-state index contributed by atoms with van der Waals surface area (Å²) in [6.45, 7) is -2.52. The quantitative estimate of drug-likeness (QED) is 0.505. The standard InChI is InChI=1S/C21H31F2N5O5S/c1-26(2)14-9-11-27(13-14)20(30)15(12-24)25-34(31,32)17-7-5-6-16(19(17)33-21(22)23)28-10-4-3-8-18(28)29/h5-7,14-15,21,25H,3-4,8-13,24H2,1-2H3/t14-,15-/m0/s1. The molecule has 0 unspecified atom stereocenters. The van der Waals surface area contributed by atoms with Gasteiger partial charge in [-0.3, -0.25) is 9.59 Å². The van der Waals surface area contributed by atoms with E-state index in [0.717, 1.165) is 12.5 Å². The fourth-order valence-corrected chi connectivity index (χ4v) is 5.58. The maximum Gasteiger partial charge on any atom is 0.387 e. The minimum Gasteiger partial charge on any atom is -0.431 e. The molecule has 2 atom stereocenters. The number of carbonyl (C=O) groups is 2. The Morgan fingerprint density at radius 1 is 1.29 bits per heavy atom. The molecule has 1 aromatic carbocycles. The van der Waals surface area contributed by atoms with Crippen LogP contribution < -0.4 is 20.1 Å². The van der Waals surface area contributed by atoms with Gasteiger partial charge in [0.1, 0.15) is 10.9 Å². The van der Waals surface area contributed by atoms with Crippen LogP contribution in [0.15, 0.2) is 23.1 Å². The number of benzene rings is 1. The van der Waals surface area contributed by atoms with Crippen molar-refractivity contribution in [2.24, 2.45) is 5.73 Å². The fourth-order valence-electron chi connectivity index (χ4n) is 4.23. The second-order valence-corrected chi connectivity index (χ2v) is 10.3. The number of nitrogens with zero attached hydrogens (tertiary/aromatic N) is 3. The van der Waals surface area contributed by atoms with E-state index < -0.39 is 39.2 Å². The number of alkyl halides is 2. The van der Waals surface area contributed by atoms with Crippen LogP contribution in [0.2, 0.25) is 0 Å². The number of anilines is 1. The number of likely N-dealkylation sites (N-methyl/N-ethyl adjacent to an activating group) is 1. The van der Waals surface area contributed by atoms with Crippen molar-refractivity contribution >= 4 is 27.5 Å². The summed E-state index contributed by atoms with van der Waals surface area (Å²) < 4.78 is 59.9. The molecule has 2 aliphatic rings. The van der Waals surface area contributed by atoms with Crippen LogP contribution in [0, 0.1) is 0 Å². The Hall–Kier alpha value is -2.35. The molecule has 0 spiro atoms. The van der Waals surface area contributed by atoms with Crippen LogP contribution in [0.3, 0.4) is 0 Å². The van der Waals surface area contributed by atoms with Crippen molar-refractivity contribution in [1.82, 2.24) is 14.5 Å². The first-order valence-corrected chi connectivity index (χ1v) is 12.6. The first-order valence-electron chi connectivity index (χ1n) is 11.1. The summed E-state index contributed by atoms with van der Waals surface area (Å²) in [6.07, 6.45) is 2.26. The number of nitrogens with one attached hydrogen (secondary N) is 1. The van der Waals surface area contributed by atoms with Crippen LogP contribution in [0.1, 0.15) is 25.7 Å². The number of piperidine rings is 1. The number of likely N-dealkylation sites (tertiary alicyclic amines) is 1. The van der Waals surface area contributed by atoms with E-state index in [1.807, 2.05) is 19.0 Å². The average molecular weight is 504 g/mol. The number of amides is 2. The van der Waals surface area contributed by atoms with Gasteiger partial charge in [-0.25, -0.2) is 8.42 Å². The van der Waals surface area contributed by atoms with Crippen molar-refractivity contribution < 1.29 is 31.5 Å². The zero-order valence-corrected chi connectivity index (χ0v) is 20.1. The highest BCUT2D eigenvalue weighted by Crippen LogP contribution is 2.38. The van der Waals surface area contributed by atoms with Gasteiger partial charge in [0.15, 0.2) is 5.75 Å². The molecule has 1 aromatic rings. The van der Waals surface area contributed by atoms with Crippen molar-refractivity contribution in [3.05, 3.63) is 18.2 Å². The number of ether oxygens (including phenoxy) is 1.